The van der Waals surface area contributed by atoms with E-state index in [2.05, 4.69) is 10.1 Å². The topological polar surface area (TPSA) is 88.8 Å². The van der Waals surface area contributed by atoms with Crippen LogP contribution in [0.1, 0.15) is 16.7 Å². The number of methoxy groups -OCH3 is 1. The Kier molecular flexibility index (Phi) is 6.64. The third kappa shape index (κ3) is 4.26. The summed E-state index contributed by atoms with van der Waals surface area (Å²) in [5, 5.41) is 13.9. The molecule has 3 rings (SSSR count). The largest absolute Gasteiger partial charge is 0.507 e. The van der Waals surface area contributed by atoms with Crippen molar-refractivity contribution in [1.82, 2.24) is 0 Å². The van der Waals surface area contributed by atoms with Crippen LogP contribution < -0.4 is 10.9 Å². The number of aryl methyl sites for hydroxylation is 1. The molecule has 28 heavy (non-hydrogen) atoms. The van der Waals surface area contributed by atoms with Gasteiger partial charge < -0.3 is 19.6 Å². The number of ether oxygens (including phenoxy) is 1. The number of hydrogen-bond acceptors (Lipinski definition) is 6. The normalized spacial score (nSPS) is 10.4. The fourth-order valence-electron chi connectivity index (χ4n) is 2.85. The van der Waals surface area contributed by atoms with Gasteiger partial charge in [-0.05, 0) is 48.9 Å². The zero-order valence-corrected chi connectivity index (χ0v) is 16.1. The predicted octanol–water partition coefficient (Wildman–Crippen LogP) is 3.70. The first-order chi connectivity index (χ1) is 12.9. The summed E-state index contributed by atoms with van der Waals surface area (Å²) in [6.45, 7) is 1.87. The number of aromatic hydroxyl groups is 1. The summed E-state index contributed by atoms with van der Waals surface area (Å²) in [6, 6.07) is 8.88. The van der Waals surface area contributed by atoms with Crippen LogP contribution in [0.3, 0.4) is 0 Å². The van der Waals surface area contributed by atoms with Crippen molar-refractivity contribution in [3.63, 3.8) is 0 Å². The Morgan fingerprint density at radius 2 is 1.86 bits per heavy atom. The molecule has 0 fully saturated rings. The maximum absolute atomic E-state index is 13.0. The van der Waals surface area contributed by atoms with Crippen LogP contribution in [-0.2, 0) is 22.5 Å². The summed E-state index contributed by atoms with van der Waals surface area (Å²) in [4.78, 5) is 23.9. The standard InChI is InChI=1S/C20H18FNO5.ClH/c1-11-14-7-8-17(23)16(10-22-13-5-3-12(21)4-6-13)19(14)27-20(25)15(11)9-18(24)26-2;/h3-8,22-23H,9-10H2,1-2H3;1H. The highest BCUT2D eigenvalue weighted by Crippen LogP contribution is 2.30. The van der Waals surface area contributed by atoms with E-state index in [-0.39, 0.29) is 48.1 Å². The summed E-state index contributed by atoms with van der Waals surface area (Å²) in [5.41, 5.74) is 1.43. The monoisotopic (exact) mass is 407 g/mol. The second-order valence-electron chi connectivity index (χ2n) is 6.05. The van der Waals surface area contributed by atoms with Crippen molar-refractivity contribution in [2.24, 2.45) is 0 Å². The number of benzene rings is 2. The highest BCUT2D eigenvalue weighted by atomic mass is 35.5. The van der Waals surface area contributed by atoms with Crippen LogP contribution in [0.25, 0.3) is 11.0 Å². The van der Waals surface area contributed by atoms with Crippen LogP contribution in [0, 0.1) is 12.7 Å². The van der Waals surface area contributed by atoms with Gasteiger partial charge in [-0.1, -0.05) is 0 Å². The lowest BCUT2D eigenvalue weighted by Crippen LogP contribution is -2.16. The van der Waals surface area contributed by atoms with Crippen molar-refractivity contribution < 1.29 is 23.4 Å². The summed E-state index contributed by atoms with van der Waals surface area (Å²) in [5.74, 6) is -0.935. The molecule has 0 unspecified atom stereocenters. The summed E-state index contributed by atoms with van der Waals surface area (Å²) in [7, 11) is 1.25. The van der Waals surface area contributed by atoms with Gasteiger partial charge in [0.1, 0.15) is 17.1 Å². The van der Waals surface area contributed by atoms with Crippen molar-refractivity contribution >= 4 is 35.0 Å². The van der Waals surface area contributed by atoms with E-state index in [0.29, 0.717) is 22.2 Å². The van der Waals surface area contributed by atoms with Crippen molar-refractivity contribution in [2.45, 2.75) is 19.9 Å². The minimum absolute atomic E-state index is 0. The molecule has 0 radical (unpaired) electrons. The molecular weight excluding hydrogens is 389 g/mol. The Hall–Kier alpha value is -3.06. The maximum atomic E-state index is 13.0. The fraction of sp³-hybridized carbons (Fsp3) is 0.200. The summed E-state index contributed by atoms with van der Waals surface area (Å²) in [6.07, 6.45) is -0.190. The van der Waals surface area contributed by atoms with Gasteiger partial charge in [-0.3, -0.25) is 4.79 Å². The van der Waals surface area contributed by atoms with Crippen molar-refractivity contribution in [3.05, 3.63) is 69.3 Å². The molecule has 2 N–H and O–H groups in total. The number of nitrogens with one attached hydrogen (secondary N) is 1. The average molecular weight is 408 g/mol. The molecule has 0 atom stereocenters. The molecule has 0 aliphatic rings. The lowest BCUT2D eigenvalue weighted by molar-refractivity contribution is -0.139. The van der Waals surface area contributed by atoms with Gasteiger partial charge >= 0.3 is 11.6 Å². The molecule has 0 aliphatic carbocycles. The van der Waals surface area contributed by atoms with Gasteiger partial charge in [0.05, 0.1) is 24.7 Å². The minimum Gasteiger partial charge on any atom is -0.507 e. The number of phenols is 1. The Morgan fingerprint density at radius 3 is 2.50 bits per heavy atom. The lowest BCUT2D eigenvalue weighted by atomic mass is 10.0. The zero-order chi connectivity index (χ0) is 19.6. The number of hydrogen-bond donors (Lipinski definition) is 2. The summed E-state index contributed by atoms with van der Waals surface area (Å²) >= 11 is 0. The highest BCUT2D eigenvalue weighted by molar-refractivity contribution is 5.87. The lowest BCUT2D eigenvalue weighted by Gasteiger charge is -2.13. The molecule has 1 aromatic heterocycles. The molecular formula is C20H19ClFNO5. The number of phenolic OH excluding ortho intramolecular Hbond substituents is 1. The molecule has 0 amide bonds. The van der Waals surface area contributed by atoms with Crippen LogP contribution in [0.5, 0.6) is 5.75 Å². The first-order valence-electron chi connectivity index (χ1n) is 8.24. The first kappa shape index (κ1) is 21.2. The number of carbonyl (C=O) groups excluding carboxylic acids is 1. The highest BCUT2D eigenvalue weighted by Gasteiger charge is 2.18. The van der Waals surface area contributed by atoms with Crippen LogP contribution in [-0.4, -0.2) is 18.2 Å². The second kappa shape index (κ2) is 8.75. The SMILES string of the molecule is COC(=O)Cc1c(C)c2ccc(O)c(CNc3ccc(F)cc3)c2oc1=O.Cl. The molecule has 0 saturated carbocycles. The van der Waals surface area contributed by atoms with E-state index < -0.39 is 11.6 Å². The van der Waals surface area contributed by atoms with Crippen molar-refractivity contribution in [3.8, 4) is 5.75 Å². The van der Waals surface area contributed by atoms with Gasteiger partial charge in [0.15, 0.2) is 0 Å². The van der Waals surface area contributed by atoms with Gasteiger partial charge in [-0.15, -0.1) is 12.4 Å². The number of rotatable bonds is 5. The molecule has 0 saturated heterocycles. The molecule has 0 aliphatic heterocycles. The maximum Gasteiger partial charge on any atom is 0.340 e. The Balaban J connectivity index is 0.00000280. The third-order valence-corrected chi connectivity index (χ3v) is 4.40. The number of carbonyl (C=O) groups is 1. The molecule has 0 bridgehead atoms. The van der Waals surface area contributed by atoms with Crippen molar-refractivity contribution in [1.29, 1.82) is 0 Å². The van der Waals surface area contributed by atoms with E-state index in [1.54, 1.807) is 25.1 Å². The van der Waals surface area contributed by atoms with Gasteiger partial charge in [0.2, 0.25) is 0 Å². The van der Waals surface area contributed by atoms with E-state index in [0.717, 1.165) is 0 Å². The van der Waals surface area contributed by atoms with Crippen LogP contribution in [0.4, 0.5) is 10.1 Å². The number of anilines is 1. The molecule has 148 valence electrons. The van der Waals surface area contributed by atoms with E-state index in [9.17, 15) is 19.1 Å². The van der Waals surface area contributed by atoms with E-state index in [1.807, 2.05) is 0 Å². The van der Waals surface area contributed by atoms with Crippen LogP contribution in [0.15, 0.2) is 45.6 Å². The van der Waals surface area contributed by atoms with E-state index >= 15 is 0 Å². The summed E-state index contributed by atoms with van der Waals surface area (Å²) < 4.78 is 23.0. The molecule has 1 heterocycles. The zero-order valence-electron chi connectivity index (χ0n) is 15.2. The molecule has 6 nitrogen and oxygen atoms in total. The third-order valence-electron chi connectivity index (χ3n) is 4.40. The second-order valence-corrected chi connectivity index (χ2v) is 6.05. The Labute approximate surface area is 166 Å². The Morgan fingerprint density at radius 1 is 1.18 bits per heavy atom. The van der Waals surface area contributed by atoms with Gasteiger partial charge in [-0.2, -0.15) is 0 Å². The first-order valence-corrected chi connectivity index (χ1v) is 8.24. The number of fused-ring (bicyclic) bond motifs is 1. The van der Waals surface area contributed by atoms with Gasteiger partial charge in [0.25, 0.3) is 0 Å². The van der Waals surface area contributed by atoms with E-state index in [4.69, 9.17) is 4.42 Å². The van der Waals surface area contributed by atoms with Gasteiger partial charge in [-0.25, -0.2) is 9.18 Å². The van der Waals surface area contributed by atoms with Crippen LogP contribution in [0.2, 0.25) is 0 Å². The molecule has 8 heteroatoms. The molecule has 2 aromatic carbocycles. The fourth-order valence-corrected chi connectivity index (χ4v) is 2.85. The number of halogens is 2. The van der Waals surface area contributed by atoms with Crippen molar-refractivity contribution in [2.75, 3.05) is 12.4 Å². The predicted molar refractivity (Wildman–Crippen MR) is 106 cm³/mol. The average Bonchev–Trinajstić information content (AvgIpc) is 2.65. The smallest absolute Gasteiger partial charge is 0.340 e. The molecule has 3 aromatic rings. The molecule has 0 spiro atoms. The minimum atomic E-state index is -0.654. The quantitative estimate of drug-likeness (QED) is 0.495. The number of esters is 1. The Bertz CT molecular complexity index is 1060. The van der Waals surface area contributed by atoms with Crippen LogP contribution >= 0.6 is 12.4 Å². The van der Waals surface area contributed by atoms with Gasteiger partial charge in [0, 0.05) is 17.6 Å². The van der Waals surface area contributed by atoms with E-state index in [1.165, 1.54) is 25.3 Å².